The first-order valence-corrected chi connectivity index (χ1v) is 21.4. The van der Waals surface area contributed by atoms with Gasteiger partial charge >= 0.3 is 5.97 Å². The van der Waals surface area contributed by atoms with Gasteiger partial charge in [-0.3, -0.25) is 4.79 Å². The molecule has 0 heterocycles. The van der Waals surface area contributed by atoms with Crippen LogP contribution in [0.15, 0.2) is 60.8 Å². The van der Waals surface area contributed by atoms with Gasteiger partial charge in [-0.1, -0.05) is 177 Å². The normalized spacial score (nSPS) is 12.9. The van der Waals surface area contributed by atoms with Gasteiger partial charge in [-0.15, -0.1) is 0 Å². The summed E-state index contributed by atoms with van der Waals surface area (Å²) in [5.41, 5.74) is 0. The van der Waals surface area contributed by atoms with Crippen LogP contribution in [-0.4, -0.2) is 37.0 Å². The van der Waals surface area contributed by atoms with Crippen molar-refractivity contribution < 1.29 is 19.4 Å². The van der Waals surface area contributed by atoms with Crippen LogP contribution in [-0.2, 0) is 14.3 Å². The molecule has 4 nitrogen and oxygen atoms in total. The van der Waals surface area contributed by atoms with E-state index in [-0.39, 0.29) is 19.2 Å². The van der Waals surface area contributed by atoms with Gasteiger partial charge in [0.2, 0.25) is 0 Å². The number of aliphatic hydroxyl groups is 1. The van der Waals surface area contributed by atoms with E-state index in [4.69, 9.17) is 9.47 Å². The molecule has 1 N–H and O–H groups in total. The van der Waals surface area contributed by atoms with Crippen molar-refractivity contribution in [3.05, 3.63) is 60.8 Å². The minimum atomic E-state index is -0.543. The number of esters is 1. The summed E-state index contributed by atoms with van der Waals surface area (Å²) in [5.74, 6) is -0.212. The van der Waals surface area contributed by atoms with Crippen molar-refractivity contribution >= 4 is 5.97 Å². The average molecular weight is 699 g/mol. The zero-order valence-electron chi connectivity index (χ0n) is 33.2. The van der Waals surface area contributed by atoms with E-state index in [0.29, 0.717) is 13.0 Å². The van der Waals surface area contributed by atoms with Crippen LogP contribution in [0.25, 0.3) is 0 Å². The molecule has 0 aliphatic rings. The van der Waals surface area contributed by atoms with Gasteiger partial charge in [-0.05, 0) is 77.0 Å². The molecule has 0 spiro atoms. The summed E-state index contributed by atoms with van der Waals surface area (Å²) < 4.78 is 11.2. The third-order valence-electron chi connectivity index (χ3n) is 9.08. The lowest BCUT2D eigenvalue weighted by Crippen LogP contribution is -2.27. The largest absolute Gasteiger partial charge is 0.457 e. The third-order valence-corrected chi connectivity index (χ3v) is 9.08. The molecule has 1 unspecified atom stereocenters. The minimum absolute atomic E-state index is 0.179. The van der Waals surface area contributed by atoms with Crippen LogP contribution in [0, 0.1) is 0 Å². The first kappa shape index (κ1) is 48.1. The Morgan fingerprint density at radius 2 is 0.900 bits per heavy atom. The monoisotopic (exact) mass is 699 g/mol. The average Bonchev–Trinajstić information content (AvgIpc) is 3.12. The van der Waals surface area contributed by atoms with Crippen molar-refractivity contribution in [3.8, 4) is 0 Å². The van der Waals surface area contributed by atoms with E-state index in [1.807, 2.05) is 0 Å². The van der Waals surface area contributed by atoms with Crippen molar-refractivity contribution in [1.29, 1.82) is 0 Å². The summed E-state index contributed by atoms with van der Waals surface area (Å²) in [6.07, 6.45) is 57.0. The Morgan fingerprint density at radius 1 is 0.500 bits per heavy atom. The molecule has 0 aliphatic carbocycles. The molecule has 1 atom stereocenters. The Labute approximate surface area is 311 Å². The van der Waals surface area contributed by atoms with Gasteiger partial charge in [0.15, 0.2) is 0 Å². The fourth-order valence-corrected chi connectivity index (χ4v) is 5.90. The van der Waals surface area contributed by atoms with Gasteiger partial charge in [0.25, 0.3) is 0 Å². The molecular formula is C46H82O4. The van der Waals surface area contributed by atoms with Crippen LogP contribution in [0.1, 0.15) is 200 Å². The fourth-order valence-electron chi connectivity index (χ4n) is 5.90. The molecule has 0 fully saturated rings. The van der Waals surface area contributed by atoms with Crippen LogP contribution < -0.4 is 0 Å². The van der Waals surface area contributed by atoms with E-state index < -0.39 is 6.10 Å². The zero-order chi connectivity index (χ0) is 36.3. The van der Waals surface area contributed by atoms with Crippen LogP contribution >= 0.6 is 0 Å². The molecule has 0 aromatic carbocycles. The predicted octanol–water partition coefficient (Wildman–Crippen LogP) is 14.0. The number of unbranched alkanes of at least 4 members (excludes halogenated alkanes) is 21. The maximum absolute atomic E-state index is 12.2. The molecule has 0 aromatic rings. The minimum Gasteiger partial charge on any atom is -0.457 e. The van der Waals surface area contributed by atoms with Crippen LogP contribution in [0.2, 0.25) is 0 Å². The molecule has 0 saturated heterocycles. The Kier molecular flexibility index (Phi) is 41.6. The van der Waals surface area contributed by atoms with Gasteiger partial charge in [0, 0.05) is 13.0 Å². The first-order chi connectivity index (χ1) is 24.7. The summed E-state index contributed by atoms with van der Waals surface area (Å²) in [7, 11) is 0. The van der Waals surface area contributed by atoms with Crippen molar-refractivity contribution in [1.82, 2.24) is 0 Å². The molecule has 0 aromatic heterocycles. The van der Waals surface area contributed by atoms with Gasteiger partial charge in [-0.2, -0.15) is 0 Å². The summed E-state index contributed by atoms with van der Waals surface area (Å²) >= 11 is 0. The highest BCUT2D eigenvalue weighted by atomic mass is 16.6. The maximum atomic E-state index is 12.2. The van der Waals surface area contributed by atoms with E-state index >= 15 is 0 Å². The number of aliphatic hydroxyl groups excluding tert-OH is 1. The van der Waals surface area contributed by atoms with Gasteiger partial charge < -0.3 is 14.6 Å². The van der Waals surface area contributed by atoms with E-state index in [1.54, 1.807) is 0 Å². The van der Waals surface area contributed by atoms with Gasteiger partial charge in [0.05, 0.1) is 13.2 Å². The third kappa shape index (κ3) is 40.5. The Bertz CT molecular complexity index is 824. The molecule has 4 heteroatoms. The number of carbonyl (C=O) groups excluding carboxylic acids is 1. The number of allylic oxidation sites excluding steroid dienone is 10. The summed E-state index contributed by atoms with van der Waals surface area (Å²) in [5, 5.41) is 9.60. The number of rotatable bonds is 39. The van der Waals surface area contributed by atoms with E-state index in [2.05, 4.69) is 74.6 Å². The standard InChI is InChI=1S/C46H82O4/c1-3-5-7-9-11-13-15-17-19-21-22-23-24-25-27-29-31-33-35-37-39-41-46(48)50-45(43-47)44-49-42-40-38-36-34-32-30-28-26-20-18-16-14-12-10-8-6-4-2/h5,7,11,13,17,19-20,22-23,26,45,47H,3-4,6,8-10,12,14-16,18,21,24-25,27-44H2,1-2H3/b7-5-,13-11-,19-17-,23-22-,26-20-. The predicted molar refractivity (Wildman–Crippen MR) is 219 cm³/mol. The van der Waals surface area contributed by atoms with Crippen LogP contribution in [0.5, 0.6) is 0 Å². The molecule has 0 aliphatic heterocycles. The lowest BCUT2D eigenvalue weighted by atomic mass is 10.1. The lowest BCUT2D eigenvalue weighted by molar-refractivity contribution is -0.154. The second-order valence-corrected chi connectivity index (χ2v) is 14.0. The molecule has 0 rings (SSSR count). The van der Waals surface area contributed by atoms with Crippen molar-refractivity contribution in [3.63, 3.8) is 0 Å². The first-order valence-electron chi connectivity index (χ1n) is 21.4. The van der Waals surface area contributed by atoms with E-state index in [0.717, 1.165) is 44.9 Å². The summed E-state index contributed by atoms with van der Waals surface area (Å²) in [6.45, 7) is 5.22. The highest BCUT2D eigenvalue weighted by Crippen LogP contribution is 2.13. The highest BCUT2D eigenvalue weighted by molar-refractivity contribution is 5.69. The maximum Gasteiger partial charge on any atom is 0.306 e. The molecule has 0 amide bonds. The number of hydrogen-bond acceptors (Lipinski definition) is 4. The molecular weight excluding hydrogens is 617 g/mol. The molecule has 0 bridgehead atoms. The molecule has 0 radical (unpaired) electrons. The zero-order valence-corrected chi connectivity index (χ0v) is 33.2. The Balaban J connectivity index is 3.47. The van der Waals surface area contributed by atoms with Crippen LogP contribution in [0.3, 0.4) is 0 Å². The molecule has 290 valence electrons. The smallest absolute Gasteiger partial charge is 0.306 e. The Morgan fingerprint density at radius 3 is 1.38 bits per heavy atom. The molecule has 50 heavy (non-hydrogen) atoms. The summed E-state index contributed by atoms with van der Waals surface area (Å²) in [4.78, 5) is 12.2. The van der Waals surface area contributed by atoms with Gasteiger partial charge in [-0.25, -0.2) is 0 Å². The van der Waals surface area contributed by atoms with E-state index in [1.165, 1.54) is 135 Å². The number of ether oxygens (including phenoxy) is 2. The lowest BCUT2D eigenvalue weighted by Gasteiger charge is -2.15. The second kappa shape index (κ2) is 43.3. The van der Waals surface area contributed by atoms with Crippen LogP contribution in [0.4, 0.5) is 0 Å². The van der Waals surface area contributed by atoms with E-state index in [9.17, 15) is 9.90 Å². The summed E-state index contributed by atoms with van der Waals surface area (Å²) in [6, 6.07) is 0. The van der Waals surface area contributed by atoms with Crippen molar-refractivity contribution in [2.45, 2.75) is 206 Å². The van der Waals surface area contributed by atoms with Crippen molar-refractivity contribution in [2.24, 2.45) is 0 Å². The quantitative estimate of drug-likeness (QED) is 0.0394. The van der Waals surface area contributed by atoms with Gasteiger partial charge in [0.1, 0.15) is 6.10 Å². The second-order valence-electron chi connectivity index (χ2n) is 14.0. The fraction of sp³-hybridized carbons (Fsp3) is 0.761. The Hall–Kier alpha value is -1.91. The number of hydrogen-bond donors (Lipinski definition) is 1. The molecule has 0 saturated carbocycles. The number of carbonyl (C=O) groups is 1. The SMILES string of the molecule is CC/C=C\C/C=C\C/C=C\C/C=C\CCCCCCCCCCC(=O)OC(CO)COCCCCCCCC/C=C\CCCCCCCCC. The topological polar surface area (TPSA) is 55.8 Å². The van der Waals surface area contributed by atoms with Crippen molar-refractivity contribution in [2.75, 3.05) is 19.8 Å². The highest BCUT2D eigenvalue weighted by Gasteiger charge is 2.13.